The number of ether oxygens (including phenoxy) is 2. The van der Waals surface area contributed by atoms with Crippen LogP contribution in [0.4, 0.5) is 0 Å². The molecule has 0 saturated carbocycles. The minimum Gasteiger partial charge on any atom is -0.478 e. The summed E-state index contributed by atoms with van der Waals surface area (Å²) in [6.45, 7) is 3.45. The fraction of sp³-hybridized carbons (Fsp3) is 0.148. The zero-order valence-electron chi connectivity index (χ0n) is 20.0. The maximum absolute atomic E-state index is 13.0. The maximum Gasteiger partial charge on any atom is 0.349 e. The van der Waals surface area contributed by atoms with Gasteiger partial charge in [0.15, 0.2) is 0 Å². The molecule has 3 N–H and O–H groups in total. The van der Waals surface area contributed by atoms with E-state index >= 15 is 0 Å². The Hall–Kier alpha value is -4.99. The van der Waals surface area contributed by atoms with E-state index in [9.17, 15) is 29.1 Å². The van der Waals surface area contributed by atoms with E-state index < -0.39 is 41.9 Å². The first-order valence-corrected chi connectivity index (χ1v) is 11.1. The molecule has 0 saturated heterocycles. The molecule has 10 nitrogen and oxygen atoms in total. The van der Waals surface area contributed by atoms with Gasteiger partial charge in [0.25, 0.3) is 11.8 Å². The quantitative estimate of drug-likeness (QED) is 0.313. The minimum absolute atomic E-state index is 0.0350. The predicted octanol–water partition coefficient (Wildman–Crippen LogP) is 2.60. The molecule has 2 amide bonds. The van der Waals surface area contributed by atoms with Crippen LogP contribution in [0.5, 0.6) is 0 Å². The van der Waals surface area contributed by atoms with Gasteiger partial charge in [-0.25, -0.2) is 14.4 Å². The van der Waals surface area contributed by atoms with Gasteiger partial charge in [0.2, 0.25) is 12.2 Å². The predicted molar refractivity (Wildman–Crippen MR) is 130 cm³/mol. The Morgan fingerprint density at radius 1 is 0.649 bits per heavy atom. The van der Waals surface area contributed by atoms with Crippen LogP contribution < -0.4 is 10.9 Å². The summed E-state index contributed by atoms with van der Waals surface area (Å²) in [4.78, 5) is 62.8. The zero-order chi connectivity index (χ0) is 26.9. The normalized spacial score (nSPS) is 11.9. The number of hydrazine groups is 1. The number of carbonyl (C=O) groups is 5. The number of benzene rings is 3. The summed E-state index contributed by atoms with van der Waals surface area (Å²) in [7, 11) is 0. The molecule has 2 atom stereocenters. The fourth-order valence-electron chi connectivity index (χ4n) is 3.26. The van der Waals surface area contributed by atoms with Crippen molar-refractivity contribution in [1.82, 2.24) is 10.9 Å². The average molecular weight is 504 g/mol. The second-order valence-corrected chi connectivity index (χ2v) is 8.04. The Bertz CT molecular complexity index is 1320. The van der Waals surface area contributed by atoms with Gasteiger partial charge in [0.1, 0.15) is 0 Å². The number of carbonyl (C=O) groups excluding carboxylic acids is 4. The number of carboxylic acid groups (broad SMARTS) is 1. The average Bonchev–Trinajstić information content (AvgIpc) is 2.89. The number of aryl methyl sites for hydroxylation is 2. The number of amides is 2. The number of aliphatic carboxylic acids is 1. The molecule has 0 aromatic heterocycles. The van der Waals surface area contributed by atoms with Crippen molar-refractivity contribution in [3.05, 3.63) is 107 Å². The van der Waals surface area contributed by atoms with Crippen LogP contribution in [0.25, 0.3) is 0 Å². The van der Waals surface area contributed by atoms with Gasteiger partial charge in [-0.1, -0.05) is 53.6 Å². The molecule has 3 aromatic carbocycles. The highest BCUT2D eigenvalue weighted by Crippen LogP contribution is 2.15. The summed E-state index contributed by atoms with van der Waals surface area (Å²) in [5, 5.41) is 9.79. The van der Waals surface area contributed by atoms with Gasteiger partial charge in [0.05, 0.1) is 11.1 Å². The van der Waals surface area contributed by atoms with Crippen molar-refractivity contribution in [3.8, 4) is 0 Å². The Kier molecular flexibility index (Phi) is 8.71. The zero-order valence-corrected chi connectivity index (χ0v) is 20.0. The third-order valence-corrected chi connectivity index (χ3v) is 5.09. The van der Waals surface area contributed by atoms with Crippen LogP contribution >= 0.6 is 0 Å². The molecule has 0 aliphatic heterocycles. The molecule has 3 aromatic rings. The monoisotopic (exact) mass is 504 g/mol. The summed E-state index contributed by atoms with van der Waals surface area (Å²) >= 11 is 0. The first kappa shape index (κ1) is 26.6. The van der Waals surface area contributed by atoms with Gasteiger partial charge in [-0.05, 0) is 50.2 Å². The second-order valence-electron chi connectivity index (χ2n) is 8.04. The molecule has 0 radical (unpaired) electrons. The molecule has 0 aliphatic rings. The molecule has 0 bridgehead atoms. The lowest BCUT2D eigenvalue weighted by molar-refractivity contribution is -0.159. The molecule has 0 fully saturated rings. The molecule has 37 heavy (non-hydrogen) atoms. The van der Waals surface area contributed by atoms with Crippen LogP contribution in [0.3, 0.4) is 0 Å². The number of hydrogen-bond donors (Lipinski definition) is 3. The smallest absolute Gasteiger partial charge is 0.349 e. The Morgan fingerprint density at radius 3 is 1.62 bits per heavy atom. The summed E-state index contributed by atoms with van der Waals surface area (Å²) in [6.07, 6.45) is -4.37. The van der Waals surface area contributed by atoms with Gasteiger partial charge in [0, 0.05) is 5.56 Å². The number of rotatable bonds is 8. The van der Waals surface area contributed by atoms with Crippen molar-refractivity contribution in [2.45, 2.75) is 26.1 Å². The van der Waals surface area contributed by atoms with E-state index in [0.29, 0.717) is 11.1 Å². The molecule has 3 rings (SSSR count). The molecule has 0 spiro atoms. The highest BCUT2D eigenvalue weighted by molar-refractivity contribution is 5.99. The van der Waals surface area contributed by atoms with Gasteiger partial charge in [-0.3, -0.25) is 20.4 Å². The van der Waals surface area contributed by atoms with Gasteiger partial charge in [-0.2, -0.15) is 0 Å². The standard InChI is InChI=1S/C27H24N2O8/c1-16-8-6-12-19(14-16)26(34)36-21(24(31)29-28-23(30)18-10-4-3-5-11-18)22(25(32)33)37-27(35)20-13-7-9-17(2)15-20/h3-15,21-22H,1-2H3,(H,28,30)(H,29,31)(H,32,33)/t21-,22+/m1/s1. The Balaban J connectivity index is 1.85. The van der Waals surface area contributed by atoms with Crippen molar-refractivity contribution >= 4 is 29.7 Å². The number of nitrogens with one attached hydrogen (secondary N) is 2. The topological polar surface area (TPSA) is 148 Å². The maximum atomic E-state index is 13.0. The molecule has 0 heterocycles. The summed E-state index contributed by atoms with van der Waals surface area (Å²) in [5.41, 5.74) is 5.87. The summed E-state index contributed by atoms with van der Waals surface area (Å²) < 4.78 is 10.3. The summed E-state index contributed by atoms with van der Waals surface area (Å²) in [5.74, 6) is -5.76. The van der Waals surface area contributed by atoms with Crippen LogP contribution in [0.1, 0.15) is 42.2 Å². The van der Waals surface area contributed by atoms with Crippen LogP contribution in [-0.2, 0) is 19.1 Å². The van der Waals surface area contributed by atoms with Crippen molar-refractivity contribution in [2.24, 2.45) is 0 Å². The highest BCUT2D eigenvalue weighted by Gasteiger charge is 2.41. The lowest BCUT2D eigenvalue weighted by Crippen LogP contribution is -2.54. The number of esters is 2. The SMILES string of the molecule is Cc1cccc(C(=O)O[C@H](C(=O)O)[C@@H](OC(=O)c2cccc(C)c2)C(=O)NNC(=O)c2ccccc2)c1. The first-order valence-electron chi connectivity index (χ1n) is 11.1. The Labute approximate surface area is 212 Å². The van der Waals surface area contributed by atoms with E-state index in [0.717, 1.165) is 0 Å². The van der Waals surface area contributed by atoms with Crippen molar-refractivity contribution in [1.29, 1.82) is 0 Å². The largest absolute Gasteiger partial charge is 0.478 e. The lowest BCUT2D eigenvalue weighted by Gasteiger charge is -2.23. The van der Waals surface area contributed by atoms with E-state index in [4.69, 9.17) is 9.47 Å². The molecule has 10 heteroatoms. The fourth-order valence-corrected chi connectivity index (χ4v) is 3.26. The lowest BCUT2D eigenvalue weighted by atomic mass is 10.1. The molecular weight excluding hydrogens is 480 g/mol. The van der Waals surface area contributed by atoms with Crippen LogP contribution in [0.15, 0.2) is 78.9 Å². The number of hydrogen-bond acceptors (Lipinski definition) is 7. The third-order valence-electron chi connectivity index (χ3n) is 5.09. The number of carboxylic acids is 1. The molecule has 0 unspecified atom stereocenters. The van der Waals surface area contributed by atoms with E-state index in [1.165, 1.54) is 36.4 Å². The van der Waals surface area contributed by atoms with E-state index in [1.807, 2.05) is 5.43 Å². The van der Waals surface area contributed by atoms with Crippen molar-refractivity contribution in [3.63, 3.8) is 0 Å². The van der Waals surface area contributed by atoms with Gasteiger partial charge < -0.3 is 14.6 Å². The third kappa shape index (κ3) is 7.25. The van der Waals surface area contributed by atoms with Crippen LogP contribution in [-0.4, -0.2) is 47.0 Å². The highest BCUT2D eigenvalue weighted by atomic mass is 16.6. The van der Waals surface area contributed by atoms with Crippen LogP contribution in [0, 0.1) is 13.8 Å². The van der Waals surface area contributed by atoms with E-state index in [1.54, 1.807) is 56.3 Å². The molecule has 190 valence electrons. The van der Waals surface area contributed by atoms with Gasteiger partial charge in [-0.15, -0.1) is 0 Å². The Morgan fingerprint density at radius 2 is 1.14 bits per heavy atom. The van der Waals surface area contributed by atoms with Gasteiger partial charge >= 0.3 is 17.9 Å². The van der Waals surface area contributed by atoms with Crippen molar-refractivity contribution in [2.75, 3.05) is 0 Å². The second kappa shape index (κ2) is 12.1. The molecular formula is C27H24N2O8. The molecule has 0 aliphatic carbocycles. The summed E-state index contributed by atoms with van der Waals surface area (Å²) in [6, 6.07) is 20.2. The first-order chi connectivity index (χ1) is 17.7. The van der Waals surface area contributed by atoms with Crippen molar-refractivity contribution < 1.29 is 38.6 Å². The minimum atomic E-state index is -2.23. The van der Waals surface area contributed by atoms with E-state index in [-0.39, 0.29) is 16.7 Å². The van der Waals surface area contributed by atoms with Crippen LogP contribution in [0.2, 0.25) is 0 Å². The van der Waals surface area contributed by atoms with E-state index in [2.05, 4.69) is 5.43 Å².